The molecule has 3 aromatic rings. The normalized spacial score (nSPS) is 13.0. The Labute approximate surface area is 212 Å². The molecule has 0 aliphatic rings. The van der Waals surface area contributed by atoms with Crippen LogP contribution >= 0.6 is 10.6 Å². The maximum absolute atomic E-state index is 12.0. The van der Waals surface area contributed by atoms with Gasteiger partial charge in [-0.1, -0.05) is 0 Å². The van der Waals surface area contributed by atoms with Crippen molar-refractivity contribution in [2.75, 3.05) is 26.6 Å². The van der Waals surface area contributed by atoms with Gasteiger partial charge >= 0.3 is 0 Å². The number of aryl methyl sites for hydroxylation is 1. The molecule has 0 bridgehead atoms. The minimum Gasteiger partial charge on any atom is -0.507 e. The standard InChI is InChI=1S/C21H22N4O10S2/c1-11-5-19(34-3)15(10-18(11)33-2)21(35-4)22-16-8-14(37(30,31)32)7-12-6-13(9-17(26)20(12)16)36(23-27,24-28)25-29/h5-10,21-22,26H,1-4H3,(H,30,31,32). The molecular formula is C21H22N4O10S2. The maximum atomic E-state index is 12.0. The summed E-state index contributed by atoms with van der Waals surface area (Å²) in [5.74, 6) is 0.332. The van der Waals surface area contributed by atoms with Crippen molar-refractivity contribution in [1.82, 2.24) is 0 Å². The first-order valence-electron chi connectivity index (χ1n) is 10.2. The second-order valence-electron chi connectivity index (χ2n) is 7.55. The molecule has 3 rings (SSSR count). The van der Waals surface area contributed by atoms with Crippen LogP contribution in [-0.2, 0) is 14.9 Å². The number of aromatic hydroxyl groups is 1. The molecule has 0 amide bonds. The average molecular weight is 555 g/mol. The first-order chi connectivity index (χ1) is 17.5. The van der Waals surface area contributed by atoms with Gasteiger partial charge in [0.15, 0.2) is 16.8 Å². The van der Waals surface area contributed by atoms with E-state index in [1.54, 1.807) is 19.1 Å². The van der Waals surface area contributed by atoms with Gasteiger partial charge in [0.05, 0.1) is 24.0 Å². The number of nitrogens with zero attached hydrogens (tertiary/aromatic N) is 3. The number of phenols is 1. The van der Waals surface area contributed by atoms with Crippen molar-refractivity contribution in [2.45, 2.75) is 22.9 Å². The third-order valence-corrected chi connectivity index (χ3v) is 7.78. The van der Waals surface area contributed by atoms with Crippen molar-refractivity contribution in [3.05, 3.63) is 62.2 Å². The Hall–Kier alpha value is -3.86. The molecule has 14 nitrogen and oxygen atoms in total. The highest BCUT2D eigenvalue weighted by Gasteiger charge is 2.33. The molecule has 0 aromatic heterocycles. The summed E-state index contributed by atoms with van der Waals surface area (Å²) in [4.78, 5) is 32.7. The van der Waals surface area contributed by atoms with Crippen LogP contribution in [0.4, 0.5) is 5.69 Å². The largest absolute Gasteiger partial charge is 0.507 e. The van der Waals surface area contributed by atoms with E-state index in [2.05, 4.69) is 19.1 Å². The third kappa shape index (κ3) is 5.17. The predicted molar refractivity (Wildman–Crippen MR) is 136 cm³/mol. The van der Waals surface area contributed by atoms with Gasteiger partial charge in [-0.3, -0.25) is 4.55 Å². The summed E-state index contributed by atoms with van der Waals surface area (Å²) in [7, 11) is -4.51. The monoisotopic (exact) mass is 554 g/mol. The highest BCUT2D eigenvalue weighted by molar-refractivity contribution is 8.30. The van der Waals surface area contributed by atoms with Crippen LogP contribution in [0.3, 0.4) is 0 Å². The van der Waals surface area contributed by atoms with Crippen LogP contribution < -0.4 is 14.8 Å². The third-order valence-electron chi connectivity index (χ3n) is 5.45. The Morgan fingerprint density at radius 2 is 1.46 bits per heavy atom. The molecule has 37 heavy (non-hydrogen) atoms. The van der Waals surface area contributed by atoms with E-state index in [9.17, 15) is 32.8 Å². The fourth-order valence-corrected chi connectivity index (χ4v) is 5.15. The quantitative estimate of drug-likeness (QED) is 0.162. The molecule has 0 aliphatic heterocycles. The lowest BCUT2D eigenvalue weighted by Gasteiger charge is -2.24. The van der Waals surface area contributed by atoms with E-state index in [-0.39, 0.29) is 16.5 Å². The number of hydrogen-bond acceptors (Lipinski definition) is 13. The molecule has 0 fully saturated rings. The first kappa shape index (κ1) is 27.7. The zero-order chi connectivity index (χ0) is 27.5. The summed E-state index contributed by atoms with van der Waals surface area (Å²) in [5, 5.41) is 13.6. The van der Waals surface area contributed by atoms with E-state index in [0.717, 1.165) is 29.8 Å². The summed E-state index contributed by atoms with van der Waals surface area (Å²) in [6.07, 6.45) is -1.00. The topological polar surface area (TPSA) is 203 Å². The lowest BCUT2D eigenvalue weighted by molar-refractivity contribution is 0.124. The Kier molecular flexibility index (Phi) is 7.97. The van der Waals surface area contributed by atoms with Gasteiger partial charge in [-0.15, -0.1) is 14.7 Å². The van der Waals surface area contributed by atoms with Crippen LogP contribution in [0.25, 0.3) is 10.8 Å². The van der Waals surface area contributed by atoms with E-state index in [0.29, 0.717) is 17.1 Å². The summed E-state index contributed by atoms with van der Waals surface area (Å²) >= 11 is 0. The smallest absolute Gasteiger partial charge is 0.294 e. The number of phenolic OH excluding ortho intramolecular Hbond substituents is 1. The second-order valence-corrected chi connectivity index (χ2v) is 10.9. The van der Waals surface area contributed by atoms with Crippen LogP contribution in [0.1, 0.15) is 17.4 Å². The van der Waals surface area contributed by atoms with E-state index in [4.69, 9.17) is 14.2 Å². The number of methoxy groups -OCH3 is 3. The molecule has 0 radical (unpaired) electrons. The molecule has 3 N–H and O–H groups in total. The van der Waals surface area contributed by atoms with Gasteiger partial charge < -0.3 is 24.6 Å². The second kappa shape index (κ2) is 10.6. The number of nitroso groups, excluding NO2 is 3. The van der Waals surface area contributed by atoms with Crippen LogP contribution in [0.2, 0.25) is 0 Å². The molecule has 198 valence electrons. The zero-order valence-electron chi connectivity index (χ0n) is 19.9. The SMILES string of the molecule is COc1cc(C(Nc2cc(S(=O)(=O)O)cc3cc(S(N=O)(N=O)N=O)cc(O)c23)OC)c(OC)cc1C. The van der Waals surface area contributed by atoms with E-state index < -0.39 is 42.5 Å². The summed E-state index contributed by atoms with van der Waals surface area (Å²) in [6, 6.07) is 7.28. The Bertz CT molecular complexity index is 1470. The van der Waals surface area contributed by atoms with Crippen LogP contribution in [0.15, 0.2) is 59.9 Å². The number of rotatable bonds is 11. The molecular weight excluding hydrogens is 532 g/mol. The van der Waals surface area contributed by atoms with Crippen LogP contribution in [0, 0.1) is 21.6 Å². The molecule has 3 aromatic carbocycles. The van der Waals surface area contributed by atoms with Gasteiger partial charge in [0, 0.05) is 37.5 Å². The summed E-state index contributed by atoms with van der Waals surface area (Å²) < 4.78 is 57.4. The number of fused-ring (bicyclic) bond motifs is 1. The first-order valence-corrected chi connectivity index (χ1v) is 13.1. The zero-order valence-corrected chi connectivity index (χ0v) is 21.5. The average Bonchev–Trinajstić information content (AvgIpc) is 2.87. The number of anilines is 1. The van der Waals surface area contributed by atoms with Crippen molar-refractivity contribution in [3.8, 4) is 17.2 Å². The molecule has 1 atom stereocenters. The van der Waals surface area contributed by atoms with Gasteiger partial charge in [-0.2, -0.15) is 8.42 Å². The Balaban J connectivity index is 2.31. The van der Waals surface area contributed by atoms with Crippen molar-refractivity contribution in [1.29, 1.82) is 0 Å². The van der Waals surface area contributed by atoms with Gasteiger partial charge in [0.2, 0.25) is 0 Å². The molecule has 0 spiro atoms. The summed E-state index contributed by atoms with van der Waals surface area (Å²) in [5.41, 5.74) is 1.17. The number of nitrogens with one attached hydrogen (secondary N) is 1. The predicted octanol–water partition coefficient (Wildman–Crippen LogP) is 5.08. The van der Waals surface area contributed by atoms with E-state index in [1.165, 1.54) is 21.3 Å². The number of benzene rings is 3. The molecule has 0 heterocycles. The lowest BCUT2D eigenvalue weighted by atomic mass is 10.1. The van der Waals surface area contributed by atoms with Crippen molar-refractivity contribution < 1.29 is 32.3 Å². The van der Waals surface area contributed by atoms with E-state index in [1.807, 2.05) is 0 Å². The van der Waals surface area contributed by atoms with Gasteiger partial charge in [-0.05, 0) is 54.3 Å². The minimum atomic E-state index is -4.79. The molecule has 0 saturated carbocycles. The molecule has 0 aliphatic carbocycles. The highest BCUT2D eigenvalue weighted by Crippen LogP contribution is 2.61. The fourth-order valence-electron chi connectivity index (χ4n) is 3.71. The summed E-state index contributed by atoms with van der Waals surface area (Å²) in [6.45, 7) is 1.80. The fraction of sp³-hybridized carbons (Fsp3) is 0.238. The number of hydrogen-bond donors (Lipinski definition) is 3. The van der Waals surface area contributed by atoms with Gasteiger partial charge in [-0.25, -0.2) is 0 Å². The van der Waals surface area contributed by atoms with Crippen LogP contribution in [0.5, 0.6) is 17.2 Å². The number of ether oxygens (including phenoxy) is 3. The highest BCUT2D eigenvalue weighted by atomic mass is 32.3. The molecule has 1 unspecified atom stereocenters. The van der Waals surface area contributed by atoms with Crippen molar-refractivity contribution >= 4 is 37.2 Å². The Morgan fingerprint density at radius 3 is 1.97 bits per heavy atom. The Morgan fingerprint density at radius 1 is 0.865 bits per heavy atom. The van der Waals surface area contributed by atoms with Crippen LogP contribution in [-0.4, -0.2) is 39.4 Å². The maximum Gasteiger partial charge on any atom is 0.294 e. The van der Waals surface area contributed by atoms with Crippen molar-refractivity contribution in [3.63, 3.8) is 0 Å². The minimum absolute atomic E-state index is 0.00718. The van der Waals surface area contributed by atoms with E-state index >= 15 is 0 Å². The lowest BCUT2D eigenvalue weighted by Crippen LogP contribution is -2.15. The molecule has 0 saturated heterocycles. The van der Waals surface area contributed by atoms with Gasteiger partial charge in [0.1, 0.15) is 17.2 Å². The molecule has 16 heteroatoms. The van der Waals surface area contributed by atoms with Crippen molar-refractivity contribution in [2.24, 2.45) is 13.7 Å². The van der Waals surface area contributed by atoms with Gasteiger partial charge in [0.25, 0.3) is 10.1 Å².